The molecule has 3 rings (SSSR count). The number of carbonyl (C=O) groups excluding carboxylic acids is 2. The standard InChI is InChI=1S/C16H10Cl3F2N3O2/c17-11-2-1-8(23-15(26)10-5-16(10,18)19)4-9(11)14(25)24-13-12(21)3-7(20)6-22-13/h1-4,6,10H,5H2,(H,23,26)(H,22,24,25). The highest BCUT2D eigenvalue weighted by Gasteiger charge is 2.56. The molecule has 5 nitrogen and oxygen atoms in total. The highest BCUT2D eigenvalue weighted by molar-refractivity contribution is 6.52. The second-order valence-corrected chi connectivity index (χ2v) is 7.59. The molecule has 1 heterocycles. The van der Waals surface area contributed by atoms with E-state index in [1.807, 2.05) is 0 Å². The Morgan fingerprint density at radius 2 is 1.88 bits per heavy atom. The lowest BCUT2D eigenvalue weighted by Crippen LogP contribution is -2.18. The number of carbonyl (C=O) groups is 2. The van der Waals surface area contributed by atoms with Crippen LogP contribution in [0.4, 0.5) is 20.3 Å². The Bertz CT molecular complexity index is 908. The molecule has 10 heteroatoms. The van der Waals surface area contributed by atoms with Crippen molar-refractivity contribution in [2.45, 2.75) is 10.8 Å². The molecule has 1 saturated carbocycles. The Labute approximate surface area is 161 Å². The van der Waals surface area contributed by atoms with E-state index >= 15 is 0 Å². The molecule has 1 aromatic heterocycles. The number of anilines is 2. The average molecular weight is 421 g/mol. The van der Waals surface area contributed by atoms with Crippen LogP contribution in [0.3, 0.4) is 0 Å². The van der Waals surface area contributed by atoms with Crippen LogP contribution >= 0.6 is 34.8 Å². The minimum absolute atomic E-state index is 0.0335. The van der Waals surface area contributed by atoms with Gasteiger partial charge in [0.05, 0.1) is 22.7 Å². The van der Waals surface area contributed by atoms with Gasteiger partial charge in [-0.2, -0.15) is 0 Å². The highest BCUT2D eigenvalue weighted by Crippen LogP contribution is 2.53. The first-order valence-electron chi connectivity index (χ1n) is 7.28. The smallest absolute Gasteiger partial charge is 0.258 e. The van der Waals surface area contributed by atoms with Crippen molar-refractivity contribution < 1.29 is 18.4 Å². The van der Waals surface area contributed by atoms with Crippen molar-refractivity contribution in [3.8, 4) is 0 Å². The first-order valence-corrected chi connectivity index (χ1v) is 8.41. The molecule has 2 aromatic rings. The fourth-order valence-electron chi connectivity index (χ4n) is 2.19. The van der Waals surface area contributed by atoms with Gasteiger partial charge in [-0.15, -0.1) is 23.2 Å². The predicted octanol–water partition coefficient (Wildman–Crippen LogP) is 4.40. The third kappa shape index (κ3) is 4.06. The summed E-state index contributed by atoms with van der Waals surface area (Å²) < 4.78 is 25.4. The zero-order chi connectivity index (χ0) is 19.1. The summed E-state index contributed by atoms with van der Waals surface area (Å²) in [6.45, 7) is 0. The van der Waals surface area contributed by atoms with Crippen LogP contribution in [-0.2, 0) is 4.79 Å². The minimum Gasteiger partial charge on any atom is -0.326 e. The normalized spacial score (nSPS) is 17.5. The highest BCUT2D eigenvalue weighted by atomic mass is 35.5. The van der Waals surface area contributed by atoms with Gasteiger partial charge < -0.3 is 10.6 Å². The summed E-state index contributed by atoms with van der Waals surface area (Å²) >= 11 is 17.7. The molecule has 0 radical (unpaired) electrons. The van der Waals surface area contributed by atoms with E-state index in [0.29, 0.717) is 12.5 Å². The van der Waals surface area contributed by atoms with Crippen LogP contribution in [0.15, 0.2) is 30.5 Å². The largest absolute Gasteiger partial charge is 0.326 e. The summed E-state index contributed by atoms with van der Waals surface area (Å²) in [4.78, 5) is 27.8. The van der Waals surface area contributed by atoms with Gasteiger partial charge in [0.25, 0.3) is 5.91 Å². The second-order valence-electron chi connectivity index (χ2n) is 5.64. The molecule has 1 aliphatic rings. The van der Waals surface area contributed by atoms with Gasteiger partial charge in [-0.25, -0.2) is 13.8 Å². The molecular weight excluding hydrogens is 411 g/mol. The number of benzene rings is 1. The van der Waals surface area contributed by atoms with Crippen molar-refractivity contribution in [2.24, 2.45) is 5.92 Å². The Kier molecular flexibility index (Phi) is 5.05. The summed E-state index contributed by atoms with van der Waals surface area (Å²) in [6.07, 6.45) is 1.09. The number of nitrogens with one attached hydrogen (secondary N) is 2. The summed E-state index contributed by atoms with van der Waals surface area (Å²) in [5.41, 5.74) is 0.252. The predicted molar refractivity (Wildman–Crippen MR) is 94.7 cm³/mol. The summed E-state index contributed by atoms with van der Waals surface area (Å²) in [7, 11) is 0. The van der Waals surface area contributed by atoms with E-state index in [1.165, 1.54) is 18.2 Å². The molecule has 1 aromatic carbocycles. The molecule has 0 spiro atoms. The molecule has 1 atom stereocenters. The fourth-order valence-corrected chi connectivity index (χ4v) is 2.90. The molecule has 0 saturated heterocycles. The number of rotatable bonds is 4. The molecule has 1 aliphatic carbocycles. The number of aromatic nitrogens is 1. The lowest BCUT2D eigenvalue weighted by Gasteiger charge is -2.10. The maximum atomic E-state index is 13.6. The third-order valence-corrected chi connectivity index (χ3v) is 4.83. The van der Waals surface area contributed by atoms with E-state index in [1.54, 1.807) is 0 Å². The van der Waals surface area contributed by atoms with Crippen LogP contribution in [-0.4, -0.2) is 21.1 Å². The lowest BCUT2D eigenvalue weighted by molar-refractivity contribution is -0.117. The molecule has 0 bridgehead atoms. The minimum atomic E-state index is -1.08. The van der Waals surface area contributed by atoms with Gasteiger partial charge >= 0.3 is 0 Å². The van der Waals surface area contributed by atoms with Crippen LogP contribution in [0, 0.1) is 17.6 Å². The first-order chi connectivity index (χ1) is 12.2. The van der Waals surface area contributed by atoms with Crippen molar-refractivity contribution in [3.63, 3.8) is 0 Å². The monoisotopic (exact) mass is 419 g/mol. The van der Waals surface area contributed by atoms with E-state index < -0.39 is 39.5 Å². The van der Waals surface area contributed by atoms with E-state index in [9.17, 15) is 18.4 Å². The van der Waals surface area contributed by atoms with Gasteiger partial charge in [-0.3, -0.25) is 9.59 Å². The fraction of sp³-hybridized carbons (Fsp3) is 0.188. The van der Waals surface area contributed by atoms with Crippen LogP contribution in [0.2, 0.25) is 5.02 Å². The summed E-state index contributed by atoms with van der Waals surface area (Å²) in [5, 5.41) is 4.84. The number of halogens is 5. The molecule has 26 heavy (non-hydrogen) atoms. The van der Waals surface area contributed by atoms with Crippen LogP contribution in [0.1, 0.15) is 16.8 Å². The van der Waals surface area contributed by atoms with Crippen molar-refractivity contribution in [3.05, 3.63) is 52.7 Å². The average Bonchev–Trinajstić information content (AvgIpc) is 3.20. The van der Waals surface area contributed by atoms with Gasteiger partial charge in [0, 0.05) is 11.8 Å². The summed E-state index contributed by atoms with van der Waals surface area (Å²) in [5.74, 6) is -4.08. The topological polar surface area (TPSA) is 71.1 Å². The molecular formula is C16H10Cl3F2N3O2. The third-order valence-electron chi connectivity index (χ3n) is 3.66. The van der Waals surface area contributed by atoms with Gasteiger partial charge in [0.2, 0.25) is 5.91 Å². The number of nitrogens with zero attached hydrogens (tertiary/aromatic N) is 1. The molecule has 136 valence electrons. The van der Waals surface area contributed by atoms with E-state index in [4.69, 9.17) is 34.8 Å². The Balaban J connectivity index is 1.76. The molecule has 2 N–H and O–H groups in total. The van der Waals surface area contributed by atoms with Gasteiger partial charge in [-0.05, 0) is 24.6 Å². The maximum absolute atomic E-state index is 13.6. The van der Waals surface area contributed by atoms with Crippen LogP contribution < -0.4 is 10.6 Å². The van der Waals surface area contributed by atoms with Crippen molar-refractivity contribution >= 4 is 58.1 Å². The zero-order valence-electron chi connectivity index (χ0n) is 12.8. The second kappa shape index (κ2) is 6.98. The van der Waals surface area contributed by atoms with Gasteiger partial charge in [0.15, 0.2) is 11.6 Å². The number of hydrogen-bond donors (Lipinski definition) is 2. The Morgan fingerprint density at radius 3 is 2.50 bits per heavy atom. The first kappa shape index (κ1) is 18.8. The van der Waals surface area contributed by atoms with Gasteiger partial charge in [-0.1, -0.05) is 11.6 Å². The molecule has 1 unspecified atom stereocenters. The quantitative estimate of drug-likeness (QED) is 0.720. The van der Waals surface area contributed by atoms with E-state index in [0.717, 1.165) is 6.20 Å². The SMILES string of the molecule is O=C(Nc1ncc(F)cc1F)c1cc(NC(=O)C2CC2(Cl)Cl)ccc1Cl. The molecule has 0 aliphatic heterocycles. The number of alkyl halides is 2. The van der Waals surface area contributed by atoms with Crippen molar-refractivity contribution in [1.29, 1.82) is 0 Å². The number of pyridine rings is 1. The van der Waals surface area contributed by atoms with Crippen molar-refractivity contribution in [1.82, 2.24) is 4.98 Å². The maximum Gasteiger partial charge on any atom is 0.258 e. The lowest BCUT2D eigenvalue weighted by atomic mass is 10.1. The zero-order valence-corrected chi connectivity index (χ0v) is 15.1. The number of amides is 2. The van der Waals surface area contributed by atoms with Crippen LogP contribution in [0.5, 0.6) is 0 Å². The van der Waals surface area contributed by atoms with Gasteiger partial charge in [0.1, 0.15) is 10.2 Å². The van der Waals surface area contributed by atoms with E-state index in [-0.39, 0.29) is 16.3 Å². The van der Waals surface area contributed by atoms with E-state index in [2.05, 4.69) is 15.6 Å². The molecule has 2 amide bonds. The summed E-state index contributed by atoms with van der Waals surface area (Å²) in [6, 6.07) is 4.77. The number of hydrogen-bond acceptors (Lipinski definition) is 3. The molecule has 1 fully saturated rings. The van der Waals surface area contributed by atoms with Crippen LogP contribution in [0.25, 0.3) is 0 Å². The van der Waals surface area contributed by atoms with Crippen molar-refractivity contribution in [2.75, 3.05) is 10.6 Å². The Hall–Kier alpha value is -1.96. The Morgan fingerprint density at radius 1 is 1.19 bits per heavy atom.